The molecular formula is C28H29F4N3O5. The molecule has 0 radical (unpaired) electrons. The second-order valence-corrected chi connectivity index (χ2v) is 10.8. The lowest BCUT2D eigenvalue weighted by Gasteiger charge is -2.32. The third kappa shape index (κ3) is 5.22. The molecule has 1 saturated heterocycles. The van der Waals surface area contributed by atoms with Crippen molar-refractivity contribution < 1.29 is 41.5 Å². The van der Waals surface area contributed by atoms with Crippen molar-refractivity contribution in [2.45, 2.75) is 57.0 Å². The minimum Gasteiger partial charge on any atom is -0.346 e. The molecular weight excluding hydrogens is 534 g/mol. The van der Waals surface area contributed by atoms with Gasteiger partial charge in [-0.25, -0.2) is 4.39 Å². The molecule has 1 aromatic rings. The van der Waals surface area contributed by atoms with Crippen LogP contribution in [0.25, 0.3) is 0 Å². The van der Waals surface area contributed by atoms with Gasteiger partial charge in [-0.3, -0.25) is 24.1 Å². The van der Waals surface area contributed by atoms with Crippen molar-refractivity contribution in [2.24, 2.45) is 11.8 Å². The van der Waals surface area contributed by atoms with Gasteiger partial charge in [0.1, 0.15) is 18.6 Å². The number of halogens is 4. The predicted octanol–water partition coefficient (Wildman–Crippen LogP) is 3.03. The van der Waals surface area contributed by atoms with Crippen LogP contribution in [-0.2, 0) is 30.5 Å². The van der Waals surface area contributed by atoms with Crippen molar-refractivity contribution in [3.63, 3.8) is 0 Å². The molecule has 3 fully saturated rings. The van der Waals surface area contributed by atoms with Crippen LogP contribution in [-0.4, -0.2) is 70.8 Å². The Morgan fingerprint density at radius 2 is 1.88 bits per heavy atom. The number of ether oxygens (including phenoxy) is 1. The summed E-state index contributed by atoms with van der Waals surface area (Å²) in [5, 5.41) is 2.67. The number of hydrogen-bond donors (Lipinski definition) is 1. The van der Waals surface area contributed by atoms with Crippen molar-refractivity contribution in [3.05, 3.63) is 59.1 Å². The first-order valence-corrected chi connectivity index (χ1v) is 13.2. The van der Waals surface area contributed by atoms with E-state index >= 15 is 0 Å². The Morgan fingerprint density at radius 1 is 1.18 bits per heavy atom. The number of ketones is 2. The number of carbonyl (C=O) groups is 4. The van der Waals surface area contributed by atoms with E-state index < -0.39 is 47.8 Å². The van der Waals surface area contributed by atoms with Gasteiger partial charge >= 0.3 is 6.18 Å². The van der Waals surface area contributed by atoms with Gasteiger partial charge < -0.3 is 15.0 Å². The monoisotopic (exact) mass is 563 g/mol. The van der Waals surface area contributed by atoms with Crippen LogP contribution < -0.4 is 5.32 Å². The summed E-state index contributed by atoms with van der Waals surface area (Å²) in [6.45, 7) is -0.271. The van der Waals surface area contributed by atoms with Gasteiger partial charge in [-0.2, -0.15) is 13.2 Å². The number of alkyl halides is 3. The zero-order valence-corrected chi connectivity index (χ0v) is 21.8. The normalized spacial score (nSPS) is 25.8. The highest BCUT2D eigenvalue weighted by Crippen LogP contribution is 2.46. The number of carbonyl (C=O) groups excluding carboxylic acids is 4. The molecule has 0 bridgehead atoms. The largest absolute Gasteiger partial charge is 0.408 e. The highest BCUT2D eigenvalue weighted by Gasteiger charge is 2.58. The van der Waals surface area contributed by atoms with Gasteiger partial charge in [-0.15, -0.1) is 0 Å². The summed E-state index contributed by atoms with van der Waals surface area (Å²) in [7, 11) is 0. The zero-order chi connectivity index (χ0) is 28.8. The maximum Gasteiger partial charge on any atom is 0.408 e. The van der Waals surface area contributed by atoms with Crippen LogP contribution in [0.2, 0.25) is 0 Å². The minimum atomic E-state index is -4.70. The number of fused-ring (bicyclic) bond motifs is 2. The summed E-state index contributed by atoms with van der Waals surface area (Å²) >= 11 is 0. The predicted molar refractivity (Wildman–Crippen MR) is 132 cm³/mol. The van der Waals surface area contributed by atoms with Crippen LogP contribution in [0.3, 0.4) is 0 Å². The molecule has 4 aliphatic rings. The van der Waals surface area contributed by atoms with E-state index in [2.05, 4.69) is 5.32 Å². The van der Waals surface area contributed by atoms with Gasteiger partial charge in [0.15, 0.2) is 17.2 Å². The van der Waals surface area contributed by atoms with Gasteiger partial charge in [-0.1, -0.05) is 24.6 Å². The Hall–Kier alpha value is -3.38. The van der Waals surface area contributed by atoms with Gasteiger partial charge in [0, 0.05) is 25.4 Å². The molecule has 0 aromatic heterocycles. The Morgan fingerprint density at radius 3 is 2.50 bits per heavy atom. The van der Waals surface area contributed by atoms with E-state index in [0.29, 0.717) is 16.0 Å². The van der Waals surface area contributed by atoms with E-state index in [9.17, 15) is 36.7 Å². The van der Waals surface area contributed by atoms with E-state index in [1.54, 1.807) is 6.08 Å². The van der Waals surface area contributed by atoms with Crippen LogP contribution >= 0.6 is 0 Å². The Balaban J connectivity index is 1.30. The lowest BCUT2D eigenvalue weighted by Crippen LogP contribution is -2.50. The number of benzene rings is 1. The number of nitrogens with zero attached hydrogens (tertiary/aromatic N) is 2. The number of nitrogens with one attached hydrogen (secondary N) is 1. The summed E-state index contributed by atoms with van der Waals surface area (Å²) in [6, 6.07) is 2.72. The standard InChI is InChI=1S/C28H29F4N3O5/c1-16(28(30,31)32)35(12-17-5-7-19(29)8-6-17)24(37)13-34-14-27(40-15-34)21-9-10-22(25(38)20(21)11-23(27)36)33-26(39)18-3-2-4-18/h5-10,16,18,20H,2-4,11-15H2,1H3,(H,33,39)/t16?,20?,27-/m0/s1. The second kappa shape index (κ2) is 10.5. The van der Waals surface area contributed by atoms with Crippen LogP contribution in [0.1, 0.15) is 38.2 Å². The number of hydrogen-bond acceptors (Lipinski definition) is 6. The Kier molecular flexibility index (Phi) is 7.43. The molecule has 2 unspecified atom stereocenters. The molecule has 1 heterocycles. The minimum absolute atomic E-state index is 0.102. The number of amides is 2. The lowest BCUT2D eigenvalue weighted by atomic mass is 9.83. The average Bonchev–Trinajstić information content (AvgIpc) is 3.40. The fourth-order valence-corrected chi connectivity index (χ4v) is 5.58. The van der Waals surface area contributed by atoms with Crippen molar-refractivity contribution in [1.82, 2.24) is 15.1 Å². The van der Waals surface area contributed by atoms with Crippen LogP contribution in [0.15, 0.2) is 47.7 Å². The van der Waals surface area contributed by atoms with Gasteiger partial charge in [0.25, 0.3) is 0 Å². The fraction of sp³-hybridized carbons (Fsp3) is 0.500. The number of rotatable bonds is 7. The van der Waals surface area contributed by atoms with E-state index in [1.807, 2.05) is 0 Å². The van der Waals surface area contributed by atoms with E-state index in [-0.39, 0.29) is 49.5 Å². The Bertz CT molecular complexity index is 1290. The van der Waals surface area contributed by atoms with Crippen molar-refractivity contribution in [1.29, 1.82) is 0 Å². The molecule has 1 N–H and O–H groups in total. The van der Waals surface area contributed by atoms with Crippen molar-refractivity contribution in [2.75, 3.05) is 19.8 Å². The molecule has 1 spiro atoms. The zero-order valence-electron chi connectivity index (χ0n) is 21.8. The molecule has 1 aliphatic heterocycles. The van der Waals surface area contributed by atoms with Gasteiger partial charge in [0.2, 0.25) is 11.8 Å². The van der Waals surface area contributed by atoms with Crippen LogP contribution in [0, 0.1) is 17.7 Å². The smallest absolute Gasteiger partial charge is 0.346 e. The molecule has 8 nitrogen and oxygen atoms in total. The molecule has 3 aliphatic carbocycles. The third-order valence-corrected chi connectivity index (χ3v) is 8.25. The van der Waals surface area contributed by atoms with Gasteiger partial charge in [0.05, 0.1) is 18.2 Å². The average molecular weight is 564 g/mol. The fourth-order valence-electron chi connectivity index (χ4n) is 5.58. The second-order valence-electron chi connectivity index (χ2n) is 10.8. The summed E-state index contributed by atoms with van der Waals surface area (Å²) in [6.07, 6.45) is 0.715. The first kappa shape index (κ1) is 28.2. The number of Topliss-reactive ketones (excluding diaryl/α,β-unsaturated/α-hetero) is 2. The van der Waals surface area contributed by atoms with Crippen molar-refractivity contribution in [3.8, 4) is 0 Å². The lowest BCUT2D eigenvalue weighted by molar-refractivity contribution is -0.187. The molecule has 214 valence electrons. The summed E-state index contributed by atoms with van der Waals surface area (Å²) in [4.78, 5) is 53.9. The molecule has 1 aromatic carbocycles. The molecule has 5 rings (SSSR count). The molecule has 12 heteroatoms. The molecule has 40 heavy (non-hydrogen) atoms. The first-order valence-electron chi connectivity index (χ1n) is 13.2. The number of allylic oxidation sites excluding steroid dienone is 3. The SMILES string of the molecule is CC(N(Cc1ccc(F)cc1)C(=O)CN1CO[C@]2(C1)C(=O)CC1C(=O)C(NC(=O)C3CCC3)=CC=C12)C(F)(F)F. The summed E-state index contributed by atoms with van der Waals surface area (Å²) in [5.41, 5.74) is -0.617. The van der Waals surface area contributed by atoms with E-state index in [1.165, 1.54) is 23.1 Å². The third-order valence-electron chi connectivity index (χ3n) is 8.25. The van der Waals surface area contributed by atoms with Gasteiger partial charge in [-0.05, 0) is 49.1 Å². The summed E-state index contributed by atoms with van der Waals surface area (Å²) < 4.78 is 60.0. The molecule has 2 saturated carbocycles. The molecule has 2 amide bonds. The molecule has 3 atom stereocenters. The highest BCUT2D eigenvalue weighted by atomic mass is 19.4. The summed E-state index contributed by atoms with van der Waals surface area (Å²) in [5.74, 6) is -3.31. The quantitative estimate of drug-likeness (QED) is 0.513. The van der Waals surface area contributed by atoms with Crippen LogP contribution in [0.4, 0.5) is 17.6 Å². The Labute approximate surface area is 228 Å². The topological polar surface area (TPSA) is 96.0 Å². The maximum atomic E-state index is 13.6. The first-order chi connectivity index (χ1) is 18.9. The van der Waals surface area contributed by atoms with Crippen LogP contribution in [0.5, 0.6) is 0 Å². The van der Waals surface area contributed by atoms with Crippen molar-refractivity contribution >= 4 is 23.4 Å². The maximum absolute atomic E-state index is 13.6. The van der Waals surface area contributed by atoms with E-state index in [4.69, 9.17) is 4.74 Å². The highest BCUT2D eigenvalue weighted by molar-refractivity contribution is 6.10. The van der Waals surface area contributed by atoms with E-state index in [0.717, 1.165) is 38.3 Å².